The van der Waals surface area contributed by atoms with Crippen molar-refractivity contribution in [3.63, 3.8) is 0 Å². The van der Waals surface area contributed by atoms with Crippen molar-refractivity contribution in [3.8, 4) is 5.75 Å². The van der Waals surface area contributed by atoms with Crippen molar-refractivity contribution < 1.29 is 31.1 Å². The molecule has 0 saturated carbocycles. The highest BCUT2D eigenvalue weighted by Gasteiger charge is 2.34. The lowest BCUT2D eigenvalue weighted by Gasteiger charge is -2.25. The van der Waals surface area contributed by atoms with Crippen LogP contribution in [0.4, 0.5) is 24.5 Å². The molecule has 1 amide bonds. The average molecular weight is 513 g/mol. The molecule has 0 atom stereocenters. The highest BCUT2D eigenvalue weighted by molar-refractivity contribution is 7.92. The molecule has 0 bridgehead atoms. The minimum Gasteiger partial charge on any atom is -0.495 e. The van der Waals surface area contributed by atoms with Crippen LogP contribution in [0, 0.1) is 6.92 Å². The van der Waals surface area contributed by atoms with Gasteiger partial charge in [0.1, 0.15) is 12.3 Å². The number of rotatable bonds is 7. The Morgan fingerprint density at radius 3 is 2.29 bits per heavy atom. The maximum atomic E-state index is 13.4. The van der Waals surface area contributed by atoms with Gasteiger partial charge < -0.3 is 10.1 Å². The van der Waals surface area contributed by atoms with Crippen LogP contribution in [0.2, 0.25) is 5.02 Å². The second kappa shape index (κ2) is 9.94. The predicted molar refractivity (Wildman–Crippen MR) is 124 cm³/mol. The number of para-hydroxylation sites is 1. The number of ether oxygens (including phenoxy) is 1. The molecule has 3 rings (SSSR count). The molecule has 0 heterocycles. The minimum atomic E-state index is -4.71. The zero-order valence-electron chi connectivity index (χ0n) is 18.1. The van der Waals surface area contributed by atoms with E-state index in [1.807, 2.05) is 0 Å². The van der Waals surface area contributed by atoms with Crippen LogP contribution < -0.4 is 14.4 Å². The van der Waals surface area contributed by atoms with Gasteiger partial charge in [-0.2, -0.15) is 13.2 Å². The van der Waals surface area contributed by atoms with Crippen LogP contribution in [-0.4, -0.2) is 28.0 Å². The van der Waals surface area contributed by atoms with Crippen molar-refractivity contribution in [2.75, 3.05) is 23.3 Å². The lowest BCUT2D eigenvalue weighted by molar-refractivity contribution is -0.137. The first kappa shape index (κ1) is 25.4. The molecule has 0 aliphatic heterocycles. The molecule has 0 radical (unpaired) electrons. The number of amides is 1. The summed E-state index contributed by atoms with van der Waals surface area (Å²) in [5, 5.41) is 2.25. The quantitative estimate of drug-likeness (QED) is 0.453. The zero-order valence-corrected chi connectivity index (χ0v) is 19.6. The van der Waals surface area contributed by atoms with E-state index in [-0.39, 0.29) is 21.4 Å². The van der Waals surface area contributed by atoms with Gasteiger partial charge in [-0.25, -0.2) is 8.42 Å². The molecule has 11 heteroatoms. The summed E-state index contributed by atoms with van der Waals surface area (Å²) in [4.78, 5) is 12.7. The van der Waals surface area contributed by atoms with Gasteiger partial charge >= 0.3 is 6.18 Å². The molecular weight excluding hydrogens is 493 g/mol. The van der Waals surface area contributed by atoms with Gasteiger partial charge in [0.15, 0.2) is 0 Å². The van der Waals surface area contributed by atoms with E-state index in [1.54, 1.807) is 19.1 Å². The molecule has 34 heavy (non-hydrogen) atoms. The molecule has 0 fully saturated rings. The summed E-state index contributed by atoms with van der Waals surface area (Å²) < 4.78 is 72.6. The topological polar surface area (TPSA) is 75.7 Å². The van der Waals surface area contributed by atoms with E-state index in [0.717, 1.165) is 22.0 Å². The monoisotopic (exact) mass is 512 g/mol. The molecule has 180 valence electrons. The Labute approximate surface area is 200 Å². The lowest BCUT2D eigenvalue weighted by Crippen LogP contribution is -2.38. The van der Waals surface area contributed by atoms with Crippen LogP contribution in [0.3, 0.4) is 0 Å². The van der Waals surface area contributed by atoms with Crippen molar-refractivity contribution in [2.45, 2.75) is 18.0 Å². The van der Waals surface area contributed by atoms with Crippen molar-refractivity contribution >= 4 is 38.9 Å². The highest BCUT2D eigenvalue weighted by atomic mass is 35.5. The Bertz CT molecular complexity index is 1300. The first-order chi connectivity index (χ1) is 15.9. The maximum absolute atomic E-state index is 13.4. The Morgan fingerprint density at radius 2 is 1.71 bits per heavy atom. The standard InChI is InChI=1S/C23H20ClF3N2O4S/c1-15-7-10-17(11-8-15)34(31,32)29(16-9-12-21(33-2)19(24)13-16)14-22(30)28-20-6-4-3-5-18(20)23(25,26)27/h3-13H,14H2,1-2H3,(H,28,30). The number of hydrogen-bond acceptors (Lipinski definition) is 4. The molecule has 0 unspecified atom stereocenters. The van der Waals surface area contributed by atoms with Crippen LogP contribution in [0.5, 0.6) is 5.75 Å². The van der Waals surface area contributed by atoms with Crippen LogP contribution in [-0.2, 0) is 21.0 Å². The number of sulfonamides is 1. The van der Waals surface area contributed by atoms with Crippen LogP contribution >= 0.6 is 11.6 Å². The third kappa shape index (κ3) is 5.63. The van der Waals surface area contributed by atoms with E-state index in [4.69, 9.17) is 16.3 Å². The first-order valence-electron chi connectivity index (χ1n) is 9.82. The molecule has 3 aromatic carbocycles. The van der Waals surface area contributed by atoms with Crippen LogP contribution in [0.1, 0.15) is 11.1 Å². The summed E-state index contributed by atoms with van der Waals surface area (Å²) in [6.07, 6.45) is -4.71. The van der Waals surface area contributed by atoms with Gasteiger partial charge in [0.25, 0.3) is 10.0 Å². The summed E-state index contributed by atoms with van der Waals surface area (Å²) >= 11 is 6.16. The summed E-state index contributed by atoms with van der Waals surface area (Å²) in [6, 6.07) is 14.4. The lowest BCUT2D eigenvalue weighted by atomic mass is 10.1. The number of aryl methyl sites for hydroxylation is 1. The van der Waals surface area contributed by atoms with Gasteiger partial charge in [-0.05, 0) is 49.4 Å². The molecular formula is C23H20ClF3N2O4S. The average Bonchev–Trinajstić information content (AvgIpc) is 2.77. The molecule has 3 aromatic rings. The number of nitrogens with zero attached hydrogens (tertiary/aromatic N) is 1. The maximum Gasteiger partial charge on any atom is 0.418 e. The zero-order chi connectivity index (χ0) is 25.1. The highest BCUT2D eigenvalue weighted by Crippen LogP contribution is 2.35. The molecule has 1 N–H and O–H groups in total. The van der Waals surface area contributed by atoms with Gasteiger partial charge in [0.05, 0.1) is 34.0 Å². The van der Waals surface area contributed by atoms with Crippen LogP contribution in [0.15, 0.2) is 71.6 Å². The number of carbonyl (C=O) groups excluding carboxylic acids is 1. The Balaban J connectivity index is 2.00. The Hall–Kier alpha value is -3.24. The smallest absolute Gasteiger partial charge is 0.418 e. The number of hydrogen-bond donors (Lipinski definition) is 1. The second-order valence-electron chi connectivity index (χ2n) is 7.24. The third-order valence-electron chi connectivity index (χ3n) is 4.83. The van der Waals surface area contributed by atoms with Gasteiger partial charge in [0, 0.05) is 0 Å². The van der Waals surface area contributed by atoms with Gasteiger partial charge in [-0.15, -0.1) is 0 Å². The number of halogens is 4. The fourth-order valence-corrected chi connectivity index (χ4v) is 4.79. The number of anilines is 2. The number of carbonyl (C=O) groups is 1. The molecule has 0 spiro atoms. The minimum absolute atomic E-state index is 0.0330. The molecule has 0 aliphatic carbocycles. The summed E-state index contributed by atoms with van der Waals surface area (Å²) in [5.74, 6) is -0.694. The third-order valence-corrected chi connectivity index (χ3v) is 6.91. The van der Waals surface area contributed by atoms with E-state index < -0.39 is 39.9 Å². The van der Waals surface area contributed by atoms with E-state index in [2.05, 4.69) is 5.32 Å². The number of benzene rings is 3. The van der Waals surface area contributed by atoms with Gasteiger partial charge in [-0.1, -0.05) is 41.4 Å². The molecule has 0 saturated heterocycles. The van der Waals surface area contributed by atoms with Crippen molar-refractivity contribution in [1.82, 2.24) is 0 Å². The Kier molecular flexibility index (Phi) is 7.42. The summed E-state index contributed by atoms with van der Waals surface area (Å²) in [7, 11) is -2.90. The molecule has 0 aromatic heterocycles. The number of methoxy groups -OCH3 is 1. The fraction of sp³-hybridized carbons (Fsp3) is 0.174. The number of nitrogens with one attached hydrogen (secondary N) is 1. The second-order valence-corrected chi connectivity index (χ2v) is 9.50. The SMILES string of the molecule is COc1ccc(N(CC(=O)Nc2ccccc2C(F)(F)F)S(=O)(=O)c2ccc(C)cc2)cc1Cl. The molecule has 6 nitrogen and oxygen atoms in total. The van der Waals surface area contributed by atoms with E-state index in [1.165, 1.54) is 49.6 Å². The summed E-state index contributed by atoms with van der Waals surface area (Å²) in [6.45, 7) is 0.980. The normalized spacial score (nSPS) is 11.7. The van der Waals surface area contributed by atoms with Gasteiger partial charge in [0.2, 0.25) is 5.91 Å². The van der Waals surface area contributed by atoms with Crippen molar-refractivity contribution in [1.29, 1.82) is 0 Å². The van der Waals surface area contributed by atoms with Gasteiger partial charge in [-0.3, -0.25) is 9.10 Å². The van der Waals surface area contributed by atoms with E-state index in [9.17, 15) is 26.4 Å². The fourth-order valence-electron chi connectivity index (χ4n) is 3.12. The predicted octanol–water partition coefficient (Wildman–Crippen LogP) is 5.51. The van der Waals surface area contributed by atoms with Crippen molar-refractivity contribution in [2.24, 2.45) is 0 Å². The van der Waals surface area contributed by atoms with Crippen LogP contribution in [0.25, 0.3) is 0 Å². The Morgan fingerprint density at radius 1 is 1.06 bits per heavy atom. The first-order valence-corrected chi connectivity index (χ1v) is 11.6. The molecule has 0 aliphatic rings. The summed E-state index contributed by atoms with van der Waals surface area (Å²) in [5.41, 5.74) is -0.686. The van der Waals surface area contributed by atoms with E-state index in [0.29, 0.717) is 0 Å². The number of alkyl halides is 3. The largest absolute Gasteiger partial charge is 0.495 e. The van der Waals surface area contributed by atoms with Crippen molar-refractivity contribution in [3.05, 3.63) is 82.9 Å². The van der Waals surface area contributed by atoms with E-state index >= 15 is 0 Å².